The number of aliphatic hydroxyl groups is 3. The van der Waals surface area contributed by atoms with Crippen LogP contribution in [0.4, 0.5) is 5.95 Å². The predicted octanol–water partition coefficient (Wildman–Crippen LogP) is 4.43. The molecule has 3 heterocycles. The van der Waals surface area contributed by atoms with Crippen LogP contribution in [0.2, 0.25) is 0 Å². The number of ether oxygens (including phenoxy) is 1. The van der Waals surface area contributed by atoms with Crippen molar-refractivity contribution in [1.29, 1.82) is 0 Å². The van der Waals surface area contributed by atoms with Gasteiger partial charge in [-0.25, -0.2) is 10.0 Å². The van der Waals surface area contributed by atoms with Gasteiger partial charge in [0.2, 0.25) is 5.95 Å². The fourth-order valence-electron chi connectivity index (χ4n) is 5.20. The molecule has 1 saturated heterocycles. The van der Waals surface area contributed by atoms with Crippen LogP contribution in [0.25, 0.3) is 11.2 Å². The van der Waals surface area contributed by atoms with Gasteiger partial charge in [-0.05, 0) is 12.8 Å². The molecule has 40 heavy (non-hydrogen) atoms. The number of hydroxylamine groups is 1. The van der Waals surface area contributed by atoms with Gasteiger partial charge in [-0.2, -0.15) is 4.98 Å². The molecule has 0 amide bonds. The molecule has 2 aromatic rings. The summed E-state index contributed by atoms with van der Waals surface area (Å²) < 4.78 is 5.53. The maximum absolute atomic E-state index is 12.8. The zero-order valence-electron chi connectivity index (χ0n) is 24.4. The van der Waals surface area contributed by atoms with E-state index in [2.05, 4.69) is 26.9 Å². The van der Waals surface area contributed by atoms with Crippen LogP contribution < -0.4 is 10.6 Å². The van der Waals surface area contributed by atoms with Crippen LogP contribution >= 0.6 is 0 Å². The van der Waals surface area contributed by atoms with E-state index in [4.69, 9.17) is 9.57 Å². The van der Waals surface area contributed by atoms with Gasteiger partial charge >= 0.3 is 0 Å². The van der Waals surface area contributed by atoms with E-state index >= 15 is 0 Å². The molecule has 4 atom stereocenters. The summed E-state index contributed by atoms with van der Waals surface area (Å²) in [5, 5.41) is 31.3. The van der Waals surface area contributed by atoms with Gasteiger partial charge in [0.25, 0.3) is 5.56 Å². The molecule has 0 bridgehead atoms. The third-order valence-electron chi connectivity index (χ3n) is 7.59. The number of hydrogen-bond donors (Lipinski definition) is 5. The Hall–Kier alpha value is -2.05. The molecule has 0 saturated carbocycles. The number of aromatic amines is 2. The number of H-pyrrole nitrogens is 2. The third kappa shape index (κ3) is 9.51. The predicted molar refractivity (Wildman–Crippen MR) is 155 cm³/mol. The molecule has 11 heteroatoms. The van der Waals surface area contributed by atoms with Gasteiger partial charge in [0, 0.05) is 6.54 Å². The monoisotopic (exact) mass is 565 g/mol. The van der Waals surface area contributed by atoms with E-state index in [1.807, 2.05) is 6.92 Å². The van der Waals surface area contributed by atoms with E-state index in [0.717, 1.165) is 19.3 Å². The molecule has 0 spiro atoms. The first-order valence-corrected chi connectivity index (χ1v) is 15.5. The van der Waals surface area contributed by atoms with Crippen LogP contribution in [-0.4, -0.2) is 73.3 Å². The number of fused-ring (bicyclic) bond motifs is 1. The minimum Gasteiger partial charge on any atom is -0.394 e. The van der Waals surface area contributed by atoms with Crippen molar-refractivity contribution in [2.24, 2.45) is 0 Å². The number of aromatic nitrogens is 4. The third-order valence-corrected chi connectivity index (χ3v) is 7.59. The molecule has 1 unspecified atom stereocenters. The number of nitrogens with zero attached hydrogens (tertiary/aromatic N) is 3. The van der Waals surface area contributed by atoms with Crippen LogP contribution in [0.5, 0.6) is 0 Å². The van der Waals surface area contributed by atoms with Gasteiger partial charge < -0.3 is 25.0 Å². The summed E-state index contributed by atoms with van der Waals surface area (Å²) in [7, 11) is 0. The first-order chi connectivity index (χ1) is 19.5. The lowest BCUT2D eigenvalue weighted by atomic mass is 10.0. The number of nitrogens with one attached hydrogen (secondary N) is 2. The van der Waals surface area contributed by atoms with Crippen molar-refractivity contribution in [1.82, 2.24) is 19.9 Å². The van der Waals surface area contributed by atoms with Crippen LogP contribution in [0.3, 0.4) is 0 Å². The zero-order valence-corrected chi connectivity index (χ0v) is 24.4. The minimum atomic E-state index is -1.29. The normalized spacial score (nSPS) is 21.0. The van der Waals surface area contributed by atoms with E-state index < -0.39 is 36.6 Å². The van der Waals surface area contributed by atoms with Crippen molar-refractivity contribution in [3.05, 3.63) is 16.2 Å². The lowest BCUT2D eigenvalue weighted by Crippen LogP contribution is -2.32. The molecule has 2 aromatic heterocycles. The molecule has 11 nitrogen and oxygen atoms in total. The number of hydrogen-bond acceptors (Lipinski definition) is 9. The summed E-state index contributed by atoms with van der Waals surface area (Å²) in [4.78, 5) is 33.2. The molecule has 0 aromatic carbocycles. The van der Waals surface area contributed by atoms with E-state index in [0.29, 0.717) is 13.2 Å². The Balaban J connectivity index is 1.39. The molecule has 0 radical (unpaired) electrons. The molecule has 1 aliphatic heterocycles. The lowest BCUT2D eigenvalue weighted by Gasteiger charge is -2.21. The standard InChI is InChI=1S/C29H51N5O6/c1-3-5-6-7-8-9-10-11-12-13-14-15-16-17-19-39-34(18-4-2)29-32-26-22(28(38)33-29)30-27(31-26)25-24(37)23(36)21(20-35)40-25/h21,23-25,35-37H,3-20H2,1-2H3,(H2,30,31,32,33,38)/t21-,23-,24+,25?/m1/s1. The summed E-state index contributed by atoms with van der Waals surface area (Å²) in [6.07, 6.45) is 14.4. The highest BCUT2D eigenvalue weighted by Gasteiger charge is 2.44. The molecule has 1 aliphatic rings. The summed E-state index contributed by atoms with van der Waals surface area (Å²) in [5.74, 6) is 0.432. The Labute approximate surface area is 237 Å². The van der Waals surface area contributed by atoms with E-state index in [9.17, 15) is 20.1 Å². The summed E-state index contributed by atoms with van der Waals surface area (Å²) in [6, 6.07) is 0. The van der Waals surface area contributed by atoms with Gasteiger partial charge in [0.05, 0.1) is 13.2 Å². The number of aliphatic hydroxyl groups excluding tert-OH is 3. The van der Waals surface area contributed by atoms with Gasteiger partial charge in [0.1, 0.15) is 30.2 Å². The van der Waals surface area contributed by atoms with Crippen molar-refractivity contribution in [3.63, 3.8) is 0 Å². The highest BCUT2D eigenvalue weighted by Crippen LogP contribution is 2.32. The van der Waals surface area contributed by atoms with Gasteiger partial charge in [-0.1, -0.05) is 97.3 Å². The Kier molecular flexibility index (Phi) is 14.4. The second kappa shape index (κ2) is 17.7. The Bertz CT molecular complexity index is 1030. The van der Waals surface area contributed by atoms with Crippen molar-refractivity contribution in [2.45, 2.75) is 135 Å². The second-order valence-corrected chi connectivity index (χ2v) is 11.0. The first-order valence-electron chi connectivity index (χ1n) is 15.5. The van der Waals surface area contributed by atoms with Gasteiger partial charge in [-0.3, -0.25) is 14.6 Å². The second-order valence-electron chi connectivity index (χ2n) is 11.0. The van der Waals surface area contributed by atoms with Crippen molar-refractivity contribution in [3.8, 4) is 0 Å². The Morgan fingerprint density at radius 1 is 0.825 bits per heavy atom. The zero-order chi connectivity index (χ0) is 28.7. The van der Waals surface area contributed by atoms with E-state index in [1.54, 1.807) is 5.06 Å². The van der Waals surface area contributed by atoms with Gasteiger partial charge in [-0.15, -0.1) is 0 Å². The number of rotatable bonds is 21. The molecule has 5 N–H and O–H groups in total. The topological polar surface area (TPSA) is 157 Å². The highest BCUT2D eigenvalue weighted by molar-refractivity contribution is 5.70. The fraction of sp³-hybridized carbons (Fsp3) is 0.828. The summed E-state index contributed by atoms with van der Waals surface area (Å²) in [6.45, 7) is 4.93. The maximum Gasteiger partial charge on any atom is 0.278 e. The molecular weight excluding hydrogens is 514 g/mol. The minimum absolute atomic E-state index is 0.139. The van der Waals surface area contributed by atoms with Gasteiger partial charge in [0.15, 0.2) is 11.2 Å². The molecule has 0 aliphatic carbocycles. The summed E-state index contributed by atoms with van der Waals surface area (Å²) in [5.41, 5.74) is -0.126. The smallest absolute Gasteiger partial charge is 0.278 e. The van der Waals surface area contributed by atoms with Crippen molar-refractivity contribution < 1.29 is 24.9 Å². The fourth-order valence-corrected chi connectivity index (χ4v) is 5.20. The average Bonchev–Trinajstić information content (AvgIpc) is 3.51. The summed E-state index contributed by atoms with van der Waals surface area (Å²) >= 11 is 0. The van der Waals surface area contributed by atoms with Crippen LogP contribution in [-0.2, 0) is 9.57 Å². The first kappa shape index (κ1) is 32.5. The number of imidazole rings is 1. The Morgan fingerprint density at radius 3 is 1.98 bits per heavy atom. The van der Waals surface area contributed by atoms with Crippen molar-refractivity contribution >= 4 is 17.1 Å². The van der Waals surface area contributed by atoms with E-state index in [1.165, 1.54) is 77.0 Å². The molecule has 1 fully saturated rings. The number of unbranched alkanes of at least 4 members (excludes halogenated alkanes) is 13. The molecule has 228 valence electrons. The van der Waals surface area contributed by atoms with E-state index in [-0.39, 0.29) is 22.9 Å². The molecular formula is C29H51N5O6. The molecule has 3 rings (SSSR count). The quantitative estimate of drug-likeness (QED) is 0.109. The lowest BCUT2D eigenvalue weighted by molar-refractivity contribution is -0.0249. The highest BCUT2D eigenvalue weighted by atomic mass is 16.7. The Morgan fingerprint density at radius 2 is 1.43 bits per heavy atom. The van der Waals surface area contributed by atoms with Crippen LogP contribution in [0.1, 0.15) is 122 Å². The largest absolute Gasteiger partial charge is 0.394 e. The average molecular weight is 566 g/mol. The van der Waals surface area contributed by atoms with Crippen molar-refractivity contribution in [2.75, 3.05) is 24.8 Å². The van der Waals surface area contributed by atoms with Crippen LogP contribution in [0.15, 0.2) is 4.79 Å². The van der Waals surface area contributed by atoms with Crippen LogP contribution in [0, 0.1) is 0 Å². The number of anilines is 1. The maximum atomic E-state index is 12.8. The SMILES string of the molecule is CCCCCCCCCCCCCCCCON(CCC)c1nc2nc(C3O[C@H](CO)[C@@H](O)[C@@H]3O)[nH]c2c(=O)[nH]1.